The minimum absolute atomic E-state index is 0.110. The number of phenolic OH excluding ortho intramolecular Hbond substituents is 1. The van der Waals surface area contributed by atoms with Gasteiger partial charge in [-0.1, -0.05) is 54.6 Å². The van der Waals surface area contributed by atoms with Gasteiger partial charge in [0.1, 0.15) is 5.75 Å². The normalized spacial score (nSPS) is 17.6. The Balaban J connectivity index is 1.68. The first-order valence-corrected chi connectivity index (χ1v) is 11.4. The van der Waals surface area contributed by atoms with Gasteiger partial charge < -0.3 is 14.4 Å². The van der Waals surface area contributed by atoms with E-state index in [2.05, 4.69) is 0 Å². The van der Waals surface area contributed by atoms with Crippen molar-refractivity contribution in [3.05, 3.63) is 90.0 Å². The number of aromatic hydroxyl groups is 1. The van der Waals surface area contributed by atoms with Gasteiger partial charge in [0.2, 0.25) is 11.9 Å². The van der Waals surface area contributed by atoms with E-state index in [0.717, 1.165) is 22.2 Å². The van der Waals surface area contributed by atoms with Gasteiger partial charge in [0.15, 0.2) is 5.92 Å². The molecule has 0 unspecified atom stereocenters. The van der Waals surface area contributed by atoms with Crippen LogP contribution in [-0.4, -0.2) is 39.7 Å². The highest BCUT2D eigenvalue weighted by Crippen LogP contribution is 2.41. The zero-order chi connectivity index (χ0) is 23.7. The first-order valence-electron chi connectivity index (χ1n) is 11.4. The summed E-state index contributed by atoms with van der Waals surface area (Å²) in [7, 11) is 0. The molecule has 0 saturated carbocycles. The second-order valence-electron chi connectivity index (χ2n) is 8.26. The van der Waals surface area contributed by atoms with Crippen LogP contribution in [0, 0.1) is 5.92 Å². The lowest BCUT2D eigenvalue weighted by Crippen LogP contribution is -2.50. The minimum Gasteiger partial charge on any atom is -0.508 e. The number of rotatable bonds is 6. The summed E-state index contributed by atoms with van der Waals surface area (Å²) in [5.41, 5.74) is 3.37. The van der Waals surface area contributed by atoms with E-state index in [4.69, 9.17) is 9.72 Å². The van der Waals surface area contributed by atoms with Crippen molar-refractivity contribution < 1.29 is 19.4 Å². The van der Waals surface area contributed by atoms with Crippen molar-refractivity contribution in [3.8, 4) is 5.75 Å². The number of fused-ring (bicyclic) bond motifs is 3. The fourth-order valence-corrected chi connectivity index (χ4v) is 4.62. The van der Waals surface area contributed by atoms with Gasteiger partial charge in [-0.15, -0.1) is 0 Å². The minimum atomic E-state index is -1.08. The molecule has 0 radical (unpaired) electrons. The Morgan fingerprint density at radius 1 is 1.00 bits per heavy atom. The molecule has 4 aromatic rings. The Kier molecular flexibility index (Phi) is 5.76. The van der Waals surface area contributed by atoms with Crippen molar-refractivity contribution in [1.82, 2.24) is 9.55 Å². The molecule has 2 heterocycles. The van der Waals surface area contributed by atoms with Crippen LogP contribution in [0.1, 0.15) is 24.1 Å². The van der Waals surface area contributed by atoms with Gasteiger partial charge in [-0.2, -0.15) is 0 Å². The number of esters is 1. The molecule has 1 aliphatic heterocycles. The number of hydrogen-bond donors (Lipinski definition) is 1. The SMILES string of the molecule is CCOC(=O)[C@H]1C(=O)N(CCc2ccccc2)c2nc3ccccc3n2[C@H]1c1ccc(O)cc1. The van der Waals surface area contributed by atoms with Crippen LogP contribution in [-0.2, 0) is 20.7 Å². The number of carbonyl (C=O) groups excluding carboxylic acids is 2. The third-order valence-corrected chi connectivity index (χ3v) is 6.19. The standard InChI is InChI=1S/C27H25N3O4/c1-2-34-26(33)23-24(19-12-14-20(31)15-13-19)30-22-11-7-6-10-21(22)28-27(30)29(25(23)32)17-16-18-8-4-3-5-9-18/h3-15,23-24,31H,2,16-17H2,1H3/t23-,24+/m1/s1. The fraction of sp³-hybridized carbons (Fsp3) is 0.222. The summed E-state index contributed by atoms with van der Waals surface area (Å²) < 4.78 is 7.33. The molecule has 0 aliphatic carbocycles. The first kappa shape index (κ1) is 21.7. The highest BCUT2D eigenvalue weighted by molar-refractivity contribution is 6.08. The Hall–Kier alpha value is -4.13. The van der Waals surface area contributed by atoms with Gasteiger partial charge in [0.05, 0.1) is 23.7 Å². The molecular weight excluding hydrogens is 430 g/mol. The van der Waals surface area contributed by atoms with Gasteiger partial charge in [0.25, 0.3) is 0 Å². The lowest BCUT2D eigenvalue weighted by molar-refractivity contribution is -0.153. The molecule has 2 atom stereocenters. The first-order chi connectivity index (χ1) is 16.6. The highest BCUT2D eigenvalue weighted by Gasteiger charge is 2.47. The molecule has 0 spiro atoms. The maximum absolute atomic E-state index is 13.9. The number of hydrogen-bond acceptors (Lipinski definition) is 5. The van der Waals surface area contributed by atoms with Crippen LogP contribution in [0.5, 0.6) is 5.75 Å². The zero-order valence-corrected chi connectivity index (χ0v) is 18.8. The van der Waals surface area contributed by atoms with E-state index in [1.54, 1.807) is 36.1 Å². The van der Waals surface area contributed by atoms with Crippen molar-refractivity contribution in [2.75, 3.05) is 18.1 Å². The fourth-order valence-electron chi connectivity index (χ4n) is 4.62. The maximum Gasteiger partial charge on any atom is 0.321 e. The Morgan fingerprint density at radius 3 is 2.44 bits per heavy atom. The van der Waals surface area contributed by atoms with E-state index in [0.29, 0.717) is 18.9 Å². The van der Waals surface area contributed by atoms with E-state index in [9.17, 15) is 14.7 Å². The number of anilines is 1. The Bertz CT molecular complexity index is 1330. The third-order valence-electron chi connectivity index (χ3n) is 6.19. The van der Waals surface area contributed by atoms with E-state index < -0.39 is 17.9 Å². The number of para-hydroxylation sites is 2. The maximum atomic E-state index is 13.9. The molecule has 7 nitrogen and oxygen atoms in total. The number of carbonyl (C=O) groups is 2. The molecule has 1 aromatic heterocycles. The van der Waals surface area contributed by atoms with E-state index in [1.165, 1.54) is 0 Å². The van der Waals surface area contributed by atoms with Crippen molar-refractivity contribution in [2.24, 2.45) is 5.92 Å². The largest absolute Gasteiger partial charge is 0.508 e. The predicted octanol–water partition coefficient (Wildman–Crippen LogP) is 4.10. The van der Waals surface area contributed by atoms with Crippen LogP contribution >= 0.6 is 0 Å². The number of imidazole rings is 1. The number of phenols is 1. The summed E-state index contributed by atoms with van der Waals surface area (Å²) in [5.74, 6) is -1.38. The number of ether oxygens (including phenoxy) is 1. The molecule has 1 N–H and O–H groups in total. The van der Waals surface area contributed by atoms with Crippen LogP contribution in [0.3, 0.4) is 0 Å². The van der Waals surface area contributed by atoms with Gasteiger partial charge in [-0.3, -0.25) is 14.5 Å². The van der Waals surface area contributed by atoms with Crippen LogP contribution < -0.4 is 4.90 Å². The van der Waals surface area contributed by atoms with E-state index >= 15 is 0 Å². The molecular formula is C27H25N3O4. The number of benzene rings is 3. The monoisotopic (exact) mass is 455 g/mol. The van der Waals surface area contributed by atoms with Crippen molar-refractivity contribution in [1.29, 1.82) is 0 Å². The molecule has 5 rings (SSSR count). The average Bonchev–Trinajstić information content (AvgIpc) is 3.23. The summed E-state index contributed by atoms with van der Waals surface area (Å²) in [6.07, 6.45) is 0.620. The average molecular weight is 456 g/mol. The molecule has 0 saturated heterocycles. The molecule has 0 bridgehead atoms. The number of nitrogens with zero attached hydrogens (tertiary/aromatic N) is 3. The summed E-state index contributed by atoms with van der Waals surface area (Å²) in [5, 5.41) is 9.83. The molecule has 7 heteroatoms. The van der Waals surface area contributed by atoms with Crippen LogP contribution in [0.4, 0.5) is 5.95 Å². The number of aromatic nitrogens is 2. The Morgan fingerprint density at radius 2 is 1.71 bits per heavy atom. The van der Waals surface area contributed by atoms with Gasteiger partial charge in [-0.25, -0.2) is 4.98 Å². The summed E-state index contributed by atoms with van der Waals surface area (Å²) in [6.45, 7) is 2.28. The van der Waals surface area contributed by atoms with E-state index in [1.807, 2.05) is 59.2 Å². The molecule has 172 valence electrons. The lowest BCUT2D eigenvalue weighted by atomic mass is 9.89. The quantitative estimate of drug-likeness (QED) is 0.350. The molecule has 34 heavy (non-hydrogen) atoms. The second kappa shape index (κ2) is 9.02. The summed E-state index contributed by atoms with van der Waals surface area (Å²) >= 11 is 0. The lowest BCUT2D eigenvalue weighted by Gasteiger charge is -2.38. The molecule has 1 aliphatic rings. The van der Waals surface area contributed by atoms with Crippen molar-refractivity contribution >= 4 is 28.9 Å². The summed E-state index contributed by atoms with van der Waals surface area (Å²) in [6, 6.07) is 23.5. The van der Waals surface area contributed by atoms with E-state index in [-0.39, 0.29) is 18.3 Å². The topological polar surface area (TPSA) is 84.7 Å². The number of amides is 1. The van der Waals surface area contributed by atoms with Crippen LogP contribution in [0.15, 0.2) is 78.9 Å². The van der Waals surface area contributed by atoms with Gasteiger partial charge in [0, 0.05) is 6.54 Å². The second-order valence-corrected chi connectivity index (χ2v) is 8.26. The molecule has 1 amide bonds. The predicted molar refractivity (Wildman–Crippen MR) is 129 cm³/mol. The van der Waals surface area contributed by atoms with Gasteiger partial charge >= 0.3 is 5.97 Å². The smallest absolute Gasteiger partial charge is 0.321 e. The molecule has 3 aromatic carbocycles. The van der Waals surface area contributed by atoms with Crippen LogP contribution in [0.2, 0.25) is 0 Å². The third kappa shape index (κ3) is 3.79. The van der Waals surface area contributed by atoms with Gasteiger partial charge in [-0.05, 0) is 48.7 Å². The highest BCUT2D eigenvalue weighted by atomic mass is 16.5. The Labute approximate surface area is 197 Å². The van der Waals surface area contributed by atoms with Crippen molar-refractivity contribution in [3.63, 3.8) is 0 Å². The van der Waals surface area contributed by atoms with Crippen LogP contribution in [0.25, 0.3) is 11.0 Å². The summed E-state index contributed by atoms with van der Waals surface area (Å²) in [4.78, 5) is 33.5. The van der Waals surface area contributed by atoms with Crippen molar-refractivity contribution in [2.45, 2.75) is 19.4 Å². The zero-order valence-electron chi connectivity index (χ0n) is 18.8. The molecule has 0 fully saturated rings.